The molecule has 2 heterocycles. The predicted molar refractivity (Wildman–Crippen MR) is 122 cm³/mol. The SMILES string of the molecule is O=c1c2cnn(-c3ccccc3)c2nc(-c2c(F)cc(F)cc2F)n1-c1ccc(I)cc1. The van der Waals surface area contributed by atoms with Gasteiger partial charge < -0.3 is 0 Å². The molecule has 0 aliphatic heterocycles. The lowest BCUT2D eigenvalue weighted by Crippen LogP contribution is -2.23. The van der Waals surface area contributed by atoms with Crippen LogP contribution in [-0.4, -0.2) is 19.3 Å². The fraction of sp³-hybridized carbons (Fsp3) is 0. The molecule has 5 nitrogen and oxygen atoms in total. The van der Waals surface area contributed by atoms with Crippen molar-refractivity contribution in [2.24, 2.45) is 0 Å². The van der Waals surface area contributed by atoms with E-state index in [1.54, 1.807) is 48.5 Å². The van der Waals surface area contributed by atoms with Crippen molar-refractivity contribution in [1.82, 2.24) is 19.3 Å². The summed E-state index contributed by atoms with van der Waals surface area (Å²) in [7, 11) is 0. The lowest BCUT2D eigenvalue weighted by molar-refractivity contribution is 0.546. The Kier molecular flexibility index (Phi) is 5.04. The zero-order valence-electron chi connectivity index (χ0n) is 16.1. The molecule has 9 heteroatoms. The average Bonchev–Trinajstić information content (AvgIpc) is 3.19. The molecule has 0 saturated carbocycles. The lowest BCUT2D eigenvalue weighted by atomic mass is 10.1. The standard InChI is InChI=1S/C23H12F3IN4O/c24-13-10-18(25)20(19(26)11-13)22-29-21-17(12-28-31(21)16-4-2-1-3-5-16)23(32)30(22)15-8-6-14(27)7-9-15/h1-12H. The number of hydrogen-bond donors (Lipinski definition) is 0. The molecule has 158 valence electrons. The monoisotopic (exact) mass is 544 g/mol. The van der Waals surface area contributed by atoms with Gasteiger partial charge in [0.2, 0.25) is 0 Å². The number of fused-ring (bicyclic) bond motifs is 1. The van der Waals surface area contributed by atoms with Crippen LogP contribution < -0.4 is 5.56 Å². The molecule has 0 aliphatic rings. The zero-order chi connectivity index (χ0) is 22.4. The first-order chi connectivity index (χ1) is 15.4. The molecule has 32 heavy (non-hydrogen) atoms. The highest BCUT2D eigenvalue weighted by atomic mass is 127. The van der Waals surface area contributed by atoms with Crippen LogP contribution in [0.15, 0.2) is 77.7 Å². The van der Waals surface area contributed by atoms with Gasteiger partial charge in [0.05, 0.1) is 23.1 Å². The summed E-state index contributed by atoms with van der Waals surface area (Å²) >= 11 is 2.10. The van der Waals surface area contributed by atoms with E-state index in [1.807, 2.05) is 6.07 Å². The Bertz CT molecular complexity index is 1510. The first-order valence-corrected chi connectivity index (χ1v) is 10.5. The van der Waals surface area contributed by atoms with Crippen molar-refractivity contribution in [1.29, 1.82) is 0 Å². The molecule has 0 spiro atoms. The van der Waals surface area contributed by atoms with Crippen LogP contribution in [0.5, 0.6) is 0 Å². The smallest absolute Gasteiger partial charge is 0.268 e. The average molecular weight is 544 g/mol. The molecule has 0 radical (unpaired) electrons. The maximum atomic E-state index is 14.8. The van der Waals surface area contributed by atoms with E-state index in [0.29, 0.717) is 23.5 Å². The Hall–Kier alpha value is -3.47. The van der Waals surface area contributed by atoms with Crippen LogP contribution in [0.1, 0.15) is 0 Å². The third kappa shape index (κ3) is 3.38. The van der Waals surface area contributed by atoms with Gasteiger partial charge in [-0.1, -0.05) is 18.2 Å². The summed E-state index contributed by atoms with van der Waals surface area (Å²) < 4.78 is 46.6. The van der Waals surface area contributed by atoms with Gasteiger partial charge in [0.15, 0.2) is 11.5 Å². The summed E-state index contributed by atoms with van der Waals surface area (Å²) in [4.78, 5) is 17.9. The molecule has 0 unspecified atom stereocenters. The topological polar surface area (TPSA) is 52.7 Å². The van der Waals surface area contributed by atoms with E-state index >= 15 is 0 Å². The number of para-hydroxylation sites is 1. The van der Waals surface area contributed by atoms with Crippen LogP contribution >= 0.6 is 22.6 Å². The molecule has 0 bridgehead atoms. The fourth-order valence-electron chi connectivity index (χ4n) is 3.48. The highest BCUT2D eigenvalue weighted by Crippen LogP contribution is 2.29. The molecular weight excluding hydrogens is 532 g/mol. The summed E-state index contributed by atoms with van der Waals surface area (Å²) in [6, 6.07) is 16.8. The van der Waals surface area contributed by atoms with Crippen molar-refractivity contribution in [2.75, 3.05) is 0 Å². The fourth-order valence-corrected chi connectivity index (χ4v) is 3.84. The van der Waals surface area contributed by atoms with Crippen LogP contribution in [0.2, 0.25) is 0 Å². The Morgan fingerprint density at radius 1 is 0.844 bits per heavy atom. The van der Waals surface area contributed by atoms with E-state index in [4.69, 9.17) is 0 Å². The molecule has 0 atom stereocenters. The predicted octanol–water partition coefficient (Wildman–Crippen LogP) is 5.26. The van der Waals surface area contributed by atoms with Crippen molar-refractivity contribution in [3.8, 4) is 22.8 Å². The summed E-state index contributed by atoms with van der Waals surface area (Å²) in [5.41, 5.74) is -0.0646. The van der Waals surface area contributed by atoms with E-state index in [-0.39, 0.29) is 16.9 Å². The Labute approximate surface area is 192 Å². The zero-order valence-corrected chi connectivity index (χ0v) is 18.3. The van der Waals surface area contributed by atoms with Crippen molar-refractivity contribution < 1.29 is 13.2 Å². The summed E-state index contributed by atoms with van der Waals surface area (Å²) in [5.74, 6) is -3.70. The maximum absolute atomic E-state index is 14.8. The highest BCUT2D eigenvalue weighted by molar-refractivity contribution is 14.1. The van der Waals surface area contributed by atoms with Gasteiger partial charge in [-0.25, -0.2) is 22.8 Å². The first-order valence-electron chi connectivity index (χ1n) is 9.41. The molecule has 5 aromatic rings. The van der Waals surface area contributed by atoms with Crippen molar-refractivity contribution >= 4 is 33.6 Å². The van der Waals surface area contributed by atoms with E-state index < -0.39 is 28.6 Å². The van der Waals surface area contributed by atoms with E-state index in [1.165, 1.54) is 10.9 Å². The Morgan fingerprint density at radius 3 is 2.16 bits per heavy atom. The van der Waals surface area contributed by atoms with Gasteiger partial charge >= 0.3 is 0 Å². The minimum absolute atomic E-state index is 0.126. The summed E-state index contributed by atoms with van der Waals surface area (Å²) in [5, 5.41) is 4.43. The molecule has 0 aliphatic carbocycles. The molecular formula is C23H12F3IN4O. The lowest BCUT2D eigenvalue weighted by Gasteiger charge is -2.14. The van der Waals surface area contributed by atoms with Gasteiger partial charge in [-0.15, -0.1) is 0 Å². The van der Waals surface area contributed by atoms with Gasteiger partial charge in [0.25, 0.3) is 5.56 Å². The van der Waals surface area contributed by atoms with Crippen LogP contribution in [0.25, 0.3) is 33.8 Å². The van der Waals surface area contributed by atoms with Crippen LogP contribution in [0.4, 0.5) is 13.2 Å². The number of halogens is 4. The molecule has 3 aromatic carbocycles. The molecule has 5 rings (SSSR count). The second-order valence-corrected chi connectivity index (χ2v) is 8.17. The quantitative estimate of drug-likeness (QED) is 0.292. The molecule has 0 saturated heterocycles. The van der Waals surface area contributed by atoms with E-state index in [2.05, 4.69) is 32.7 Å². The van der Waals surface area contributed by atoms with E-state index in [9.17, 15) is 18.0 Å². The minimum atomic E-state index is -1.17. The van der Waals surface area contributed by atoms with Gasteiger partial charge in [-0.3, -0.25) is 9.36 Å². The first kappa shape index (κ1) is 20.4. The van der Waals surface area contributed by atoms with Crippen LogP contribution in [0, 0.1) is 21.0 Å². The van der Waals surface area contributed by atoms with Gasteiger partial charge in [-0.05, 0) is 59.0 Å². The van der Waals surface area contributed by atoms with Crippen LogP contribution in [-0.2, 0) is 0 Å². The van der Waals surface area contributed by atoms with Gasteiger partial charge in [-0.2, -0.15) is 5.10 Å². The number of nitrogens with zero attached hydrogens (tertiary/aromatic N) is 4. The minimum Gasteiger partial charge on any atom is -0.268 e. The second kappa shape index (κ2) is 7.90. The number of hydrogen-bond acceptors (Lipinski definition) is 3. The number of rotatable bonds is 3. The normalized spacial score (nSPS) is 11.2. The molecule has 2 aromatic heterocycles. The largest absolute Gasteiger partial charge is 0.269 e. The molecule has 0 amide bonds. The van der Waals surface area contributed by atoms with Crippen molar-refractivity contribution in [2.45, 2.75) is 0 Å². The van der Waals surface area contributed by atoms with Gasteiger partial charge in [0.1, 0.15) is 22.8 Å². The summed E-state index contributed by atoms with van der Waals surface area (Å²) in [6.45, 7) is 0. The van der Waals surface area contributed by atoms with Crippen molar-refractivity contribution in [3.63, 3.8) is 0 Å². The number of benzene rings is 3. The summed E-state index contributed by atoms with van der Waals surface area (Å²) in [6.07, 6.45) is 1.36. The third-order valence-electron chi connectivity index (χ3n) is 4.92. The third-order valence-corrected chi connectivity index (χ3v) is 5.64. The second-order valence-electron chi connectivity index (χ2n) is 6.93. The highest BCUT2D eigenvalue weighted by Gasteiger charge is 2.23. The van der Waals surface area contributed by atoms with Crippen molar-refractivity contribution in [3.05, 3.63) is 104 Å². The Balaban J connectivity index is 1.91. The van der Waals surface area contributed by atoms with Crippen LogP contribution in [0.3, 0.4) is 0 Å². The molecule has 0 N–H and O–H groups in total. The van der Waals surface area contributed by atoms with E-state index in [0.717, 1.165) is 8.14 Å². The Morgan fingerprint density at radius 2 is 1.50 bits per heavy atom. The maximum Gasteiger partial charge on any atom is 0.269 e. The molecule has 0 fully saturated rings. The van der Waals surface area contributed by atoms with Gasteiger partial charge in [0, 0.05) is 15.7 Å². The number of aromatic nitrogens is 4.